The van der Waals surface area contributed by atoms with Crippen molar-refractivity contribution < 1.29 is 0 Å². The van der Waals surface area contributed by atoms with Gasteiger partial charge in [-0.15, -0.1) is 0 Å². The zero-order valence-electron chi connectivity index (χ0n) is 38.7. The van der Waals surface area contributed by atoms with Crippen LogP contribution in [-0.2, 0) is 6.04 Å². The summed E-state index contributed by atoms with van der Waals surface area (Å²) in [5.74, 6) is 0. The molecule has 2 aromatic heterocycles. The highest BCUT2D eigenvalue weighted by molar-refractivity contribution is 7.11. The first kappa shape index (κ1) is 41.4. The van der Waals surface area contributed by atoms with Gasteiger partial charge in [0.15, 0.2) is 8.07 Å². The second-order valence-corrected chi connectivity index (χ2v) is 22.3. The van der Waals surface area contributed by atoms with Crippen LogP contribution in [0.4, 0.5) is 0 Å². The van der Waals surface area contributed by atoms with Crippen LogP contribution in [0.2, 0.25) is 0 Å². The maximum absolute atomic E-state index is 2.76. The van der Waals surface area contributed by atoms with Gasteiger partial charge in [-0.05, 0) is 79.8 Å². The van der Waals surface area contributed by atoms with E-state index in [9.17, 15) is 0 Å². The molecule has 0 bridgehead atoms. The van der Waals surface area contributed by atoms with Gasteiger partial charge in [0, 0.05) is 32.7 Å². The third kappa shape index (κ3) is 6.77. The minimum Gasteiger partial charge on any atom is -0.309 e. The van der Waals surface area contributed by atoms with E-state index < -0.39 is 8.07 Å². The molecule has 0 atom stereocenters. The summed E-state index contributed by atoms with van der Waals surface area (Å²) in [7, 11) is -2.76. The Morgan fingerprint density at radius 1 is 0.271 bits per heavy atom. The average molecular weight is 909 g/mol. The van der Waals surface area contributed by atoms with Crippen molar-refractivity contribution in [3.05, 3.63) is 285 Å². The van der Waals surface area contributed by atoms with E-state index in [2.05, 4.69) is 288 Å². The van der Waals surface area contributed by atoms with E-state index in [-0.39, 0.29) is 0 Å². The van der Waals surface area contributed by atoms with Crippen LogP contribution in [0.15, 0.2) is 279 Å². The van der Waals surface area contributed by atoms with Crippen molar-refractivity contribution in [3.8, 4) is 44.8 Å². The Hall–Kier alpha value is -8.76. The Morgan fingerprint density at radius 3 is 1.24 bits per heavy atom. The zero-order valence-corrected chi connectivity index (χ0v) is 39.7. The first-order valence-electron chi connectivity index (χ1n) is 24.3. The first-order chi connectivity index (χ1) is 34.8. The number of nitrogens with zero attached hydrogens (tertiary/aromatic N) is 2. The van der Waals surface area contributed by atoms with Crippen LogP contribution in [-0.4, -0.2) is 17.2 Å². The molecule has 3 heteroatoms. The number of rotatable bonds is 10. The predicted octanol–water partition coefficient (Wildman–Crippen LogP) is 15.1. The quantitative estimate of drug-likeness (QED) is 0.0956. The fourth-order valence-electron chi connectivity index (χ4n) is 11.5. The van der Waals surface area contributed by atoms with E-state index in [0.29, 0.717) is 0 Å². The lowest BCUT2D eigenvalue weighted by Gasteiger charge is -2.34. The number of para-hydroxylation sites is 3. The number of benzene rings is 11. The summed E-state index contributed by atoms with van der Waals surface area (Å²) >= 11 is 0. The fraction of sp³-hybridized carbons (Fsp3) is 0.0149. The van der Waals surface area contributed by atoms with E-state index in [1.807, 2.05) is 0 Å². The number of hydrogen-bond donors (Lipinski definition) is 0. The molecular formula is C67H48N2Si. The van der Waals surface area contributed by atoms with E-state index in [1.54, 1.807) is 0 Å². The summed E-state index contributed by atoms with van der Waals surface area (Å²) in [6, 6.07) is 104. The van der Waals surface area contributed by atoms with Gasteiger partial charge in [-0.25, -0.2) is 0 Å². The van der Waals surface area contributed by atoms with E-state index >= 15 is 0 Å². The Labute approximate surface area is 409 Å². The van der Waals surface area contributed by atoms with Crippen LogP contribution in [0.3, 0.4) is 0 Å². The molecule has 0 amide bonds. The molecule has 0 unspecified atom stereocenters. The molecule has 0 spiro atoms. The molecule has 2 nitrogen and oxygen atoms in total. The Bertz CT molecular complexity index is 3890. The van der Waals surface area contributed by atoms with Crippen LogP contribution in [0.1, 0.15) is 5.56 Å². The topological polar surface area (TPSA) is 9.86 Å². The Balaban J connectivity index is 1.07. The molecule has 70 heavy (non-hydrogen) atoms. The number of fused-ring (bicyclic) bond motifs is 6. The molecule has 0 fully saturated rings. The monoisotopic (exact) mass is 908 g/mol. The Morgan fingerprint density at radius 2 is 0.671 bits per heavy atom. The minimum atomic E-state index is -2.76. The van der Waals surface area contributed by atoms with Gasteiger partial charge in [0.1, 0.15) is 0 Å². The second-order valence-electron chi connectivity index (χ2n) is 18.4. The molecule has 13 aromatic rings. The van der Waals surface area contributed by atoms with Crippen LogP contribution >= 0.6 is 0 Å². The van der Waals surface area contributed by atoms with E-state index in [0.717, 1.165) is 6.04 Å². The average Bonchev–Trinajstić information content (AvgIpc) is 3.97. The lowest BCUT2D eigenvalue weighted by atomic mass is 9.95. The number of hydrogen-bond acceptors (Lipinski definition) is 0. The molecule has 0 aliphatic rings. The second kappa shape index (κ2) is 17.4. The maximum Gasteiger partial charge on any atom is 0.152 e. The summed E-state index contributed by atoms with van der Waals surface area (Å²) in [6.07, 6.45) is 0. The lowest BCUT2D eigenvalue weighted by molar-refractivity contribution is 1.17. The van der Waals surface area contributed by atoms with Crippen molar-refractivity contribution in [1.82, 2.24) is 9.13 Å². The summed E-state index contributed by atoms with van der Waals surface area (Å²) in [5, 5.41) is 9.21. The fourth-order valence-corrected chi connectivity index (χ4v) is 16.3. The van der Waals surface area contributed by atoms with Gasteiger partial charge in [0.05, 0.1) is 33.4 Å². The molecule has 0 saturated carbocycles. The molecule has 11 aromatic carbocycles. The van der Waals surface area contributed by atoms with Gasteiger partial charge >= 0.3 is 0 Å². The highest BCUT2D eigenvalue weighted by Crippen LogP contribution is 2.44. The van der Waals surface area contributed by atoms with Crippen LogP contribution in [0, 0.1) is 0 Å². The first-order valence-corrected chi connectivity index (χ1v) is 26.5. The van der Waals surface area contributed by atoms with E-state index in [4.69, 9.17) is 0 Å². The normalized spacial score (nSPS) is 11.8. The molecule has 13 rings (SSSR count). The van der Waals surface area contributed by atoms with Gasteiger partial charge in [-0.3, -0.25) is 0 Å². The van der Waals surface area contributed by atoms with Crippen molar-refractivity contribution >= 4 is 67.2 Å². The molecular weight excluding hydrogens is 861 g/mol. The van der Waals surface area contributed by atoms with Gasteiger partial charge in [0.25, 0.3) is 0 Å². The predicted molar refractivity (Wildman–Crippen MR) is 299 cm³/mol. The molecule has 0 aliphatic heterocycles. The highest BCUT2D eigenvalue weighted by Gasteiger charge is 2.40. The number of aromatic nitrogens is 2. The third-order valence-electron chi connectivity index (χ3n) is 14.6. The Kier molecular flexibility index (Phi) is 10.3. The lowest BCUT2D eigenvalue weighted by Crippen LogP contribution is -2.68. The smallest absolute Gasteiger partial charge is 0.152 e. The van der Waals surface area contributed by atoms with Crippen molar-refractivity contribution in [2.24, 2.45) is 0 Å². The maximum atomic E-state index is 2.55. The third-order valence-corrected chi connectivity index (χ3v) is 19.5. The van der Waals surface area contributed by atoms with Crippen LogP contribution in [0.5, 0.6) is 0 Å². The van der Waals surface area contributed by atoms with Crippen molar-refractivity contribution in [3.63, 3.8) is 0 Å². The molecule has 0 radical (unpaired) electrons. The SMILES string of the molecule is c1ccc(-c2ccc([Si](Cc3cccc4c3c3ccccc3n4-c3cccc4c3c3ccccc3n4-c3c(-c4ccccc4)cccc3-c3ccccc3)(c3ccccc3)c3ccccc3)cc2)cc1. The summed E-state index contributed by atoms with van der Waals surface area (Å²) in [4.78, 5) is 0. The molecule has 0 aliphatic carbocycles. The van der Waals surface area contributed by atoms with E-state index in [1.165, 1.54) is 109 Å². The standard InChI is InChI=1S/C67H48N2Si/c1-6-23-48(24-7-1)49-43-45-55(46-44-49)70(53-30-12-4-13-31-53,54-32-14-5-15-33-54)47-52-29-20-40-62-65(52)58-34-16-18-38-60(58)68(62)63-41-22-42-64-66(63)59-35-17-19-39-61(59)69(64)67-56(50-25-8-2-9-26-50)36-21-37-57(67)51-27-10-3-11-28-51/h1-46H,47H2. The summed E-state index contributed by atoms with van der Waals surface area (Å²) < 4.78 is 5.08. The van der Waals surface area contributed by atoms with Gasteiger partial charge in [0.2, 0.25) is 0 Å². The molecule has 0 N–H and O–H groups in total. The molecule has 330 valence electrons. The zero-order chi connectivity index (χ0) is 46.4. The van der Waals surface area contributed by atoms with Crippen molar-refractivity contribution in [1.29, 1.82) is 0 Å². The molecule has 0 saturated heterocycles. The van der Waals surface area contributed by atoms with Crippen LogP contribution < -0.4 is 15.6 Å². The largest absolute Gasteiger partial charge is 0.309 e. The minimum absolute atomic E-state index is 0.888. The highest BCUT2D eigenvalue weighted by atomic mass is 28.3. The van der Waals surface area contributed by atoms with Gasteiger partial charge < -0.3 is 9.13 Å². The van der Waals surface area contributed by atoms with Crippen molar-refractivity contribution in [2.45, 2.75) is 6.04 Å². The van der Waals surface area contributed by atoms with Crippen LogP contribution in [0.25, 0.3) is 88.4 Å². The molecule has 2 heterocycles. The summed E-state index contributed by atoms with van der Waals surface area (Å²) in [6.45, 7) is 0. The van der Waals surface area contributed by atoms with Gasteiger partial charge in [-0.2, -0.15) is 0 Å². The summed E-state index contributed by atoms with van der Waals surface area (Å²) in [5.41, 5.74) is 15.7. The van der Waals surface area contributed by atoms with Gasteiger partial charge in [-0.1, -0.05) is 249 Å². The van der Waals surface area contributed by atoms with Crippen molar-refractivity contribution in [2.75, 3.05) is 0 Å².